The Bertz CT molecular complexity index is 1310. The molecule has 1 fully saturated rings. The zero-order valence-corrected chi connectivity index (χ0v) is 20.2. The summed E-state index contributed by atoms with van der Waals surface area (Å²) in [7, 11) is 1.68. The van der Waals surface area contributed by atoms with Gasteiger partial charge in [0.1, 0.15) is 5.75 Å². The highest BCUT2D eigenvalue weighted by Gasteiger charge is 2.25. The number of ether oxygens (including phenoxy) is 1. The van der Waals surface area contributed by atoms with Crippen LogP contribution >= 0.6 is 22.9 Å². The summed E-state index contributed by atoms with van der Waals surface area (Å²) in [4.78, 5) is 22.5. The zero-order chi connectivity index (χ0) is 22.9. The van der Waals surface area contributed by atoms with E-state index >= 15 is 0 Å². The van der Waals surface area contributed by atoms with Crippen molar-refractivity contribution in [3.8, 4) is 17.0 Å². The summed E-state index contributed by atoms with van der Waals surface area (Å²) in [6.07, 6.45) is 0. The molecule has 1 aliphatic heterocycles. The molecule has 9 heteroatoms. The van der Waals surface area contributed by atoms with Crippen LogP contribution < -0.4 is 10.1 Å². The quantitative estimate of drug-likeness (QED) is 0.446. The number of methoxy groups -OCH3 is 1. The van der Waals surface area contributed by atoms with Crippen LogP contribution in [0.5, 0.6) is 5.75 Å². The Labute approximate surface area is 201 Å². The number of urea groups is 1. The number of rotatable bonds is 5. The molecule has 2 aromatic heterocycles. The van der Waals surface area contributed by atoms with Gasteiger partial charge in [-0.05, 0) is 37.3 Å². The van der Waals surface area contributed by atoms with Crippen molar-refractivity contribution in [1.29, 1.82) is 0 Å². The van der Waals surface area contributed by atoms with E-state index < -0.39 is 0 Å². The largest absolute Gasteiger partial charge is 0.497 e. The van der Waals surface area contributed by atoms with E-state index in [-0.39, 0.29) is 6.03 Å². The number of halogens is 1. The van der Waals surface area contributed by atoms with Gasteiger partial charge in [0.15, 0.2) is 4.96 Å². The maximum atomic E-state index is 12.2. The van der Waals surface area contributed by atoms with E-state index in [0.717, 1.165) is 62.5 Å². The third-order valence-electron chi connectivity index (χ3n) is 6.01. The van der Waals surface area contributed by atoms with Crippen molar-refractivity contribution >= 4 is 44.1 Å². The van der Waals surface area contributed by atoms with Crippen LogP contribution in [-0.2, 0) is 6.54 Å². The molecule has 2 aromatic carbocycles. The maximum Gasteiger partial charge on any atom is 0.317 e. The number of benzene rings is 2. The minimum atomic E-state index is 0.0154. The van der Waals surface area contributed by atoms with Gasteiger partial charge in [-0.3, -0.25) is 9.30 Å². The SMILES string of the molecule is CCNC(=O)N1CCN(Cc2c(-c3cccc(OC)c3)nc3sc4cc(Cl)ccc4n23)CC1. The molecular weight excluding hydrogens is 458 g/mol. The fraction of sp³-hybridized carbons (Fsp3) is 0.333. The van der Waals surface area contributed by atoms with Crippen LogP contribution in [0.1, 0.15) is 12.6 Å². The number of fused-ring (bicyclic) bond motifs is 3. The molecule has 5 rings (SSSR count). The van der Waals surface area contributed by atoms with E-state index in [2.05, 4.69) is 26.8 Å². The monoisotopic (exact) mass is 483 g/mol. The molecule has 0 atom stereocenters. The predicted molar refractivity (Wildman–Crippen MR) is 133 cm³/mol. The standard InChI is InChI=1S/C24H26ClN5O2S/c1-3-26-23(31)29-11-9-28(10-12-29)15-20-22(16-5-4-6-18(13-16)32-2)27-24-30(20)19-8-7-17(25)14-21(19)33-24/h4-8,13-14H,3,9-12,15H2,1-2H3,(H,26,31). The van der Waals surface area contributed by atoms with Crippen LogP contribution in [0.3, 0.4) is 0 Å². The third kappa shape index (κ3) is 4.26. The third-order valence-corrected chi connectivity index (χ3v) is 7.25. The molecule has 0 saturated carbocycles. The van der Waals surface area contributed by atoms with Crippen molar-refractivity contribution in [3.63, 3.8) is 0 Å². The fourth-order valence-corrected chi connectivity index (χ4v) is 5.65. The molecule has 172 valence electrons. The van der Waals surface area contributed by atoms with E-state index in [1.54, 1.807) is 18.4 Å². The fourth-order valence-electron chi connectivity index (χ4n) is 4.33. The molecule has 0 bridgehead atoms. The molecule has 7 nitrogen and oxygen atoms in total. The number of nitrogens with zero attached hydrogens (tertiary/aromatic N) is 4. The normalized spacial score (nSPS) is 14.8. The molecule has 1 saturated heterocycles. The average Bonchev–Trinajstić information content (AvgIpc) is 3.35. The van der Waals surface area contributed by atoms with Crippen molar-refractivity contribution in [2.75, 3.05) is 39.8 Å². The minimum Gasteiger partial charge on any atom is -0.497 e. The Kier molecular flexibility index (Phi) is 6.14. The van der Waals surface area contributed by atoms with Gasteiger partial charge in [-0.1, -0.05) is 35.1 Å². The van der Waals surface area contributed by atoms with Gasteiger partial charge in [-0.25, -0.2) is 9.78 Å². The second kappa shape index (κ2) is 9.21. The number of piperazine rings is 1. The number of hydrogen-bond donors (Lipinski definition) is 1. The Morgan fingerprint density at radius 2 is 2.00 bits per heavy atom. The molecule has 0 unspecified atom stereocenters. The van der Waals surface area contributed by atoms with Crippen molar-refractivity contribution < 1.29 is 9.53 Å². The Balaban J connectivity index is 1.52. The summed E-state index contributed by atoms with van der Waals surface area (Å²) >= 11 is 7.89. The first-order valence-corrected chi connectivity index (χ1v) is 12.3. The number of aromatic nitrogens is 2. The van der Waals surface area contributed by atoms with Gasteiger partial charge in [-0.2, -0.15) is 0 Å². The van der Waals surface area contributed by atoms with Crippen LogP contribution in [0.2, 0.25) is 5.02 Å². The molecule has 33 heavy (non-hydrogen) atoms. The lowest BCUT2D eigenvalue weighted by molar-refractivity contribution is 0.135. The molecule has 0 radical (unpaired) electrons. The second-order valence-corrected chi connectivity index (χ2v) is 9.52. The summed E-state index contributed by atoms with van der Waals surface area (Å²) in [6, 6.07) is 14.0. The first-order chi connectivity index (χ1) is 16.1. The van der Waals surface area contributed by atoms with E-state index in [0.29, 0.717) is 19.6 Å². The molecule has 3 heterocycles. The number of imidazole rings is 1. The van der Waals surface area contributed by atoms with Crippen LogP contribution in [0, 0.1) is 0 Å². The highest BCUT2D eigenvalue weighted by molar-refractivity contribution is 7.23. The summed E-state index contributed by atoms with van der Waals surface area (Å²) in [5, 5.41) is 3.62. The smallest absolute Gasteiger partial charge is 0.317 e. The second-order valence-electron chi connectivity index (χ2n) is 8.07. The number of carbonyl (C=O) groups excluding carboxylic acids is 1. The molecular formula is C24H26ClN5O2S. The number of hydrogen-bond acceptors (Lipinski definition) is 5. The zero-order valence-electron chi connectivity index (χ0n) is 18.7. The van der Waals surface area contributed by atoms with Gasteiger partial charge in [0, 0.05) is 49.9 Å². The van der Waals surface area contributed by atoms with Crippen LogP contribution in [0.4, 0.5) is 4.79 Å². The molecule has 0 spiro atoms. The van der Waals surface area contributed by atoms with Gasteiger partial charge in [0.05, 0.1) is 28.7 Å². The Hall–Kier alpha value is -2.81. The van der Waals surface area contributed by atoms with Crippen LogP contribution in [-0.4, -0.2) is 65.0 Å². The number of amides is 2. The van der Waals surface area contributed by atoms with Gasteiger partial charge < -0.3 is 15.0 Å². The molecule has 4 aromatic rings. The van der Waals surface area contributed by atoms with Crippen molar-refractivity contribution in [2.24, 2.45) is 0 Å². The lowest BCUT2D eigenvalue weighted by atomic mass is 10.1. The van der Waals surface area contributed by atoms with Crippen molar-refractivity contribution in [2.45, 2.75) is 13.5 Å². The van der Waals surface area contributed by atoms with E-state index in [1.165, 1.54) is 0 Å². The highest BCUT2D eigenvalue weighted by Crippen LogP contribution is 2.35. The van der Waals surface area contributed by atoms with Crippen molar-refractivity contribution in [3.05, 3.63) is 53.2 Å². The summed E-state index contributed by atoms with van der Waals surface area (Å²) in [5.41, 5.74) is 4.24. The van der Waals surface area contributed by atoms with Gasteiger partial charge in [0.25, 0.3) is 0 Å². The number of thiazole rings is 1. The first kappa shape index (κ1) is 22.0. The molecule has 2 amide bonds. The van der Waals surface area contributed by atoms with E-state index in [9.17, 15) is 4.79 Å². The van der Waals surface area contributed by atoms with Crippen LogP contribution in [0.25, 0.3) is 26.4 Å². The first-order valence-electron chi connectivity index (χ1n) is 11.1. The molecule has 1 aliphatic rings. The molecule has 0 aliphatic carbocycles. The Morgan fingerprint density at radius 1 is 1.18 bits per heavy atom. The number of carbonyl (C=O) groups is 1. The average molecular weight is 484 g/mol. The number of nitrogens with one attached hydrogen (secondary N) is 1. The van der Waals surface area contributed by atoms with Crippen molar-refractivity contribution in [1.82, 2.24) is 24.5 Å². The molecule has 1 N–H and O–H groups in total. The summed E-state index contributed by atoms with van der Waals surface area (Å²) in [6.45, 7) is 6.38. The van der Waals surface area contributed by atoms with Crippen LogP contribution in [0.15, 0.2) is 42.5 Å². The lowest BCUT2D eigenvalue weighted by Gasteiger charge is -2.34. The van der Waals surface area contributed by atoms with Gasteiger partial charge in [0.2, 0.25) is 0 Å². The summed E-state index contributed by atoms with van der Waals surface area (Å²) in [5.74, 6) is 0.807. The van der Waals surface area contributed by atoms with Gasteiger partial charge in [-0.15, -0.1) is 0 Å². The minimum absolute atomic E-state index is 0.0154. The van der Waals surface area contributed by atoms with Gasteiger partial charge >= 0.3 is 6.03 Å². The maximum absolute atomic E-state index is 12.2. The van der Waals surface area contributed by atoms with E-state index in [4.69, 9.17) is 21.3 Å². The summed E-state index contributed by atoms with van der Waals surface area (Å²) < 4.78 is 8.83. The van der Waals surface area contributed by atoms with E-state index in [1.807, 2.05) is 42.2 Å². The lowest BCUT2D eigenvalue weighted by Crippen LogP contribution is -2.51. The predicted octanol–water partition coefficient (Wildman–Crippen LogP) is 4.73. The highest BCUT2D eigenvalue weighted by atomic mass is 35.5. The Morgan fingerprint density at radius 3 is 2.76 bits per heavy atom. The topological polar surface area (TPSA) is 62.1 Å².